The highest BCUT2D eigenvalue weighted by Crippen LogP contribution is 2.38. The average molecular weight is 426 g/mol. The lowest BCUT2D eigenvalue weighted by Crippen LogP contribution is -2.39. The molecular weight excluding hydrogens is 398 g/mol. The molecule has 5 nitrogen and oxygen atoms in total. The molecule has 1 atom stereocenters. The number of carbonyl (C=O) groups excluding carboxylic acids is 1. The molecule has 0 saturated carbocycles. The predicted molar refractivity (Wildman–Crippen MR) is 120 cm³/mol. The summed E-state index contributed by atoms with van der Waals surface area (Å²) in [4.78, 5) is 16.8. The molecule has 0 aliphatic heterocycles. The topological polar surface area (TPSA) is 48.0 Å². The van der Waals surface area contributed by atoms with E-state index in [2.05, 4.69) is 18.4 Å². The fraction of sp³-hybridized carbons (Fsp3) is 0.292. The zero-order valence-corrected chi connectivity index (χ0v) is 18.6. The van der Waals surface area contributed by atoms with Gasteiger partial charge in [-0.1, -0.05) is 36.4 Å². The maximum atomic E-state index is 13.6. The van der Waals surface area contributed by atoms with Gasteiger partial charge in [-0.15, -0.1) is 11.3 Å². The van der Waals surface area contributed by atoms with Crippen LogP contribution in [0.15, 0.2) is 60.0 Å². The summed E-state index contributed by atoms with van der Waals surface area (Å²) in [5.41, 5.74) is 1.58. The maximum Gasteiger partial charge on any atom is 0.254 e. The summed E-state index contributed by atoms with van der Waals surface area (Å²) in [6.07, 6.45) is 0.792. The lowest BCUT2D eigenvalue weighted by Gasteiger charge is -2.30. The summed E-state index contributed by atoms with van der Waals surface area (Å²) in [6, 6.07) is 17.6. The van der Waals surface area contributed by atoms with Crippen LogP contribution in [0.4, 0.5) is 0 Å². The summed E-state index contributed by atoms with van der Waals surface area (Å²) >= 11 is 1.71. The number of hydrogen-bond donors (Lipinski definition) is 0. The third-order valence-corrected chi connectivity index (χ3v) is 5.88. The molecule has 0 aliphatic rings. The van der Waals surface area contributed by atoms with Crippen LogP contribution in [-0.4, -0.2) is 38.2 Å². The monoisotopic (exact) mass is 425 g/mol. The molecule has 6 heteroatoms. The molecular formula is C24H27NO4S. The van der Waals surface area contributed by atoms with Crippen molar-refractivity contribution in [3.05, 3.63) is 76.0 Å². The number of ether oxygens (including phenoxy) is 3. The first-order chi connectivity index (χ1) is 14.6. The molecule has 0 radical (unpaired) electrons. The number of methoxy groups -OCH3 is 3. The summed E-state index contributed by atoms with van der Waals surface area (Å²) in [7, 11) is 4.64. The van der Waals surface area contributed by atoms with Crippen LogP contribution in [0.2, 0.25) is 0 Å². The fourth-order valence-corrected chi connectivity index (χ4v) is 4.23. The zero-order valence-electron chi connectivity index (χ0n) is 17.8. The van der Waals surface area contributed by atoms with Gasteiger partial charge in [0.05, 0.1) is 21.3 Å². The highest BCUT2D eigenvalue weighted by Gasteiger charge is 2.25. The van der Waals surface area contributed by atoms with Crippen LogP contribution in [0.25, 0.3) is 0 Å². The maximum absolute atomic E-state index is 13.6. The largest absolute Gasteiger partial charge is 0.493 e. The van der Waals surface area contributed by atoms with E-state index in [4.69, 9.17) is 14.2 Å². The molecule has 0 fully saturated rings. The molecule has 2 aromatic carbocycles. The van der Waals surface area contributed by atoms with Crippen LogP contribution < -0.4 is 14.2 Å². The van der Waals surface area contributed by atoms with Gasteiger partial charge in [0.1, 0.15) is 0 Å². The van der Waals surface area contributed by atoms with Gasteiger partial charge >= 0.3 is 0 Å². The van der Waals surface area contributed by atoms with E-state index in [-0.39, 0.29) is 11.9 Å². The molecule has 0 unspecified atom stereocenters. The molecule has 3 aromatic rings. The summed E-state index contributed by atoms with van der Waals surface area (Å²) in [5.74, 6) is 1.32. The molecule has 0 bridgehead atoms. The van der Waals surface area contributed by atoms with E-state index in [1.165, 1.54) is 4.88 Å². The molecule has 0 spiro atoms. The number of benzene rings is 2. The Kier molecular flexibility index (Phi) is 7.36. The molecule has 0 saturated heterocycles. The zero-order chi connectivity index (χ0) is 21.5. The van der Waals surface area contributed by atoms with Gasteiger partial charge in [-0.05, 0) is 36.1 Å². The van der Waals surface area contributed by atoms with Gasteiger partial charge in [0.15, 0.2) is 11.5 Å². The molecule has 30 heavy (non-hydrogen) atoms. The van der Waals surface area contributed by atoms with Crippen LogP contribution in [-0.2, 0) is 13.0 Å². The SMILES string of the molecule is COc1cc(C(=O)N(Cc2ccccc2)[C@H](C)Cc2cccs2)cc(OC)c1OC. The Balaban J connectivity index is 1.96. The van der Waals surface area contributed by atoms with E-state index in [1.807, 2.05) is 41.3 Å². The molecule has 1 heterocycles. The van der Waals surface area contributed by atoms with Crippen LogP contribution >= 0.6 is 11.3 Å². The van der Waals surface area contributed by atoms with Crippen molar-refractivity contribution >= 4 is 17.2 Å². The van der Waals surface area contributed by atoms with E-state index in [9.17, 15) is 4.79 Å². The van der Waals surface area contributed by atoms with Crippen LogP contribution in [0.1, 0.15) is 27.7 Å². The van der Waals surface area contributed by atoms with Gasteiger partial charge in [-0.2, -0.15) is 0 Å². The van der Waals surface area contributed by atoms with Crippen molar-refractivity contribution < 1.29 is 19.0 Å². The van der Waals surface area contributed by atoms with Crippen LogP contribution in [0.5, 0.6) is 17.2 Å². The Hall–Kier alpha value is -2.99. The van der Waals surface area contributed by atoms with Crippen LogP contribution in [0, 0.1) is 0 Å². The summed E-state index contributed by atoms with van der Waals surface area (Å²) < 4.78 is 16.3. The predicted octanol–water partition coefficient (Wildman–Crippen LogP) is 5.05. The molecule has 0 aliphatic carbocycles. The van der Waals surface area contributed by atoms with Crippen molar-refractivity contribution in [2.24, 2.45) is 0 Å². The first-order valence-electron chi connectivity index (χ1n) is 9.74. The highest BCUT2D eigenvalue weighted by molar-refractivity contribution is 7.09. The van der Waals surface area contributed by atoms with E-state index in [0.29, 0.717) is 29.4 Å². The average Bonchev–Trinajstić information content (AvgIpc) is 3.29. The second kappa shape index (κ2) is 10.2. The van der Waals surface area contributed by atoms with E-state index < -0.39 is 0 Å². The minimum atomic E-state index is -0.0813. The number of hydrogen-bond acceptors (Lipinski definition) is 5. The lowest BCUT2D eigenvalue weighted by atomic mass is 10.1. The third-order valence-electron chi connectivity index (χ3n) is 4.98. The lowest BCUT2D eigenvalue weighted by molar-refractivity contribution is 0.0675. The van der Waals surface area contributed by atoms with E-state index in [0.717, 1.165) is 12.0 Å². The number of nitrogens with zero attached hydrogens (tertiary/aromatic N) is 1. The highest BCUT2D eigenvalue weighted by atomic mass is 32.1. The third kappa shape index (κ3) is 4.94. The first kappa shape index (κ1) is 21.7. The second-order valence-electron chi connectivity index (χ2n) is 6.97. The Morgan fingerprint density at radius 3 is 2.17 bits per heavy atom. The van der Waals surface area contributed by atoms with Crippen molar-refractivity contribution in [3.8, 4) is 17.2 Å². The second-order valence-corrected chi connectivity index (χ2v) is 8.00. The Morgan fingerprint density at radius 1 is 0.967 bits per heavy atom. The van der Waals surface area contributed by atoms with E-state index in [1.54, 1.807) is 44.8 Å². The van der Waals surface area contributed by atoms with Crippen molar-refractivity contribution in [2.75, 3.05) is 21.3 Å². The summed E-state index contributed by atoms with van der Waals surface area (Å²) in [6.45, 7) is 2.60. The van der Waals surface area contributed by atoms with Gasteiger partial charge in [-0.3, -0.25) is 4.79 Å². The van der Waals surface area contributed by atoms with Crippen molar-refractivity contribution in [2.45, 2.75) is 25.9 Å². The first-order valence-corrected chi connectivity index (χ1v) is 10.6. The number of carbonyl (C=O) groups is 1. The van der Waals surface area contributed by atoms with Gasteiger partial charge in [-0.25, -0.2) is 0 Å². The minimum absolute atomic E-state index is 0.00967. The Labute approximate surface area is 181 Å². The van der Waals surface area contributed by atoms with Gasteiger partial charge in [0.2, 0.25) is 5.75 Å². The Morgan fingerprint density at radius 2 is 1.63 bits per heavy atom. The normalized spacial score (nSPS) is 11.6. The number of rotatable bonds is 9. The molecule has 1 aromatic heterocycles. The summed E-state index contributed by atoms with van der Waals surface area (Å²) in [5, 5.41) is 2.06. The molecule has 0 N–H and O–H groups in total. The number of amides is 1. The van der Waals surface area contributed by atoms with Crippen molar-refractivity contribution in [3.63, 3.8) is 0 Å². The van der Waals surface area contributed by atoms with Crippen molar-refractivity contribution in [1.29, 1.82) is 0 Å². The molecule has 158 valence electrons. The van der Waals surface area contributed by atoms with Gasteiger partial charge in [0.25, 0.3) is 5.91 Å². The quantitative estimate of drug-likeness (QED) is 0.481. The minimum Gasteiger partial charge on any atom is -0.493 e. The Bertz CT molecular complexity index is 932. The van der Waals surface area contributed by atoms with Gasteiger partial charge < -0.3 is 19.1 Å². The van der Waals surface area contributed by atoms with E-state index >= 15 is 0 Å². The smallest absolute Gasteiger partial charge is 0.254 e. The fourth-order valence-electron chi connectivity index (χ4n) is 3.41. The standard InChI is InChI=1S/C24H27NO4S/c1-17(13-20-11-8-12-30-20)25(16-18-9-6-5-7-10-18)24(26)19-14-21(27-2)23(29-4)22(15-19)28-3/h5-12,14-15,17H,13,16H2,1-4H3/t17-/m1/s1. The molecule has 1 amide bonds. The van der Waals surface area contributed by atoms with Crippen LogP contribution in [0.3, 0.4) is 0 Å². The van der Waals surface area contributed by atoms with Gasteiger partial charge in [0, 0.05) is 29.4 Å². The number of thiophene rings is 1. The van der Waals surface area contributed by atoms with Crippen molar-refractivity contribution in [1.82, 2.24) is 4.90 Å². The molecule has 3 rings (SSSR count).